The van der Waals surface area contributed by atoms with Gasteiger partial charge in [-0.3, -0.25) is 4.79 Å². The Morgan fingerprint density at radius 3 is 2.09 bits per heavy atom. The van der Waals surface area contributed by atoms with Crippen molar-refractivity contribution in [2.24, 2.45) is 5.41 Å². The van der Waals surface area contributed by atoms with Crippen LogP contribution in [-0.4, -0.2) is 11.5 Å². The van der Waals surface area contributed by atoms with E-state index in [2.05, 4.69) is 0 Å². The zero-order valence-electron chi connectivity index (χ0n) is 7.82. The second kappa shape index (κ2) is 3.65. The second-order valence-corrected chi connectivity index (χ2v) is 4.23. The first-order valence-electron chi connectivity index (χ1n) is 3.87. The third-order valence-electron chi connectivity index (χ3n) is 1.19. The largest absolute Gasteiger partial charge is 0.310 e. The van der Waals surface area contributed by atoms with Gasteiger partial charge in [-0.25, -0.2) is 0 Å². The molecule has 0 amide bonds. The van der Waals surface area contributed by atoms with Crippen LogP contribution in [0.2, 0.25) is 0 Å². The lowest BCUT2D eigenvalue weighted by molar-refractivity contribution is -0.119. The molecule has 0 aromatic heterocycles. The summed E-state index contributed by atoms with van der Waals surface area (Å²) < 4.78 is 0. The molecule has 64 valence electrons. The molecule has 0 aliphatic carbocycles. The highest BCUT2D eigenvalue weighted by molar-refractivity contribution is 5.99. The quantitative estimate of drug-likeness (QED) is 0.625. The first kappa shape index (κ1) is 10.3. The van der Waals surface area contributed by atoms with Gasteiger partial charge in [0.25, 0.3) is 0 Å². The lowest BCUT2D eigenvalue weighted by atomic mass is 9.89. The summed E-state index contributed by atoms with van der Waals surface area (Å²) >= 11 is 0. The third-order valence-corrected chi connectivity index (χ3v) is 1.19. The topological polar surface area (TPSA) is 40.9 Å². The first-order chi connectivity index (χ1) is 4.81. The van der Waals surface area contributed by atoms with E-state index in [0.717, 1.165) is 0 Å². The molecule has 0 aromatic carbocycles. The SMILES string of the molecule is CC(=N)CC(=O)CC(C)(C)C. The summed E-state index contributed by atoms with van der Waals surface area (Å²) in [6, 6.07) is 0. The molecule has 0 saturated heterocycles. The Morgan fingerprint density at radius 1 is 1.36 bits per heavy atom. The Bertz CT molecular complexity index is 165. The molecule has 2 nitrogen and oxygen atoms in total. The maximum Gasteiger partial charge on any atom is 0.138 e. The van der Waals surface area contributed by atoms with E-state index in [-0.39, 0.29) is 11.2 Å². The molecular formula is C9H17NO. The van der Waals surface area contributed by atoms with Gasteiger partial charge >= 0.3 is 0 Å². The van der Waals surface area contributed by atoms with Gasteiger partial charge in [0.1, 0.15) is 5.78 Å². The van der Waals surface area contributed by atoms with Crippen LogP contribution >= 0.6 is 0 Å². The molecule has 0 radical (unpaired) electrons. The van der Waals surface area contributed by atoms with Crippen LogP contribution in [-0.2, 0) is 4.79 Å². The number of ketones is 1. The number of Topliss-reactive ketones (excluding diaryl/α,β-unsaturated/α-hetero) is 1. The fraction of sp³-hybridized carbons (Fsp3) is 0.778. The Kier molecular flexibility index (Phi) is 3.43. The van der Waals surface area contributed by atoms with Gasteiger partial charge < -0.3 is 5.41 Å². The molecular weight excluding hydrogens is 138 g/mol. The van der Waals surface area contributed by atoms with Crippen molar-refractivity contribution in [1.29, 1.82) is 5.41 Å². The highest BCUT2D eigenvalue weighted by Gasteiger charge is 2.15. The van der Waals surface area contributed by atoms with Crippen LogP contribution in [0.3, 0.4) is 0 Å². The lowest BCUT2D eigenvalue weighted by Gasteiger charge is -2.16. The minimum Gasteiger partial charge on any atom is -0.310 e. The number of hydrogen-bond acceptors (Lipinski definition) is 2. The Morgan fingerprint density at radius 2 is 1.82 bits per heavy atom. The van der Waals surface area contributed by atoms with Crippen LogP contribution < -0.4 is 0 Å². The van der Waals surface area contributed by atoms with Crippen LogP contribution in [0, 0.1) is 10.8 Å². The molecule has 11 heavy (non-hydrogen) atoms. The summed E-state index contributed by atoms with van der Waals surface area (Å²) in [5.74, 6) is 0.171. The van der Waals surface area contributed by atoms with Crippen molar-refractivity contribution in [2.75, 3.05) is 0 Å². The van der Waals surface area contributed by atoms with E-state index in [4.69, 9.17) is 5.41 Å². The van der Waals surface area contributed by atoms with Gasteiger partial charge in [-0.1, -0.05) is 20.8 Å². The van der Waals surface area contributed by atoms with Crippen LogP contribution in [0.5, 0.6) is 0 Å². The van der Waals surface area contributed by atoms with E-state index in [1.54, 1.807) is 6.92 Å². The minimum absolute atomic E-state index is 0.0620. The van der Waals surface area contributed by atoms with Gasteiger partial charge in [0.05, 0.1) is 0 Å². The van der Waals surface area contributed by atoms with E-state index < -0.39 is 0 Å². The number of rotatable bonds is 3. The van der Waals surface area contributed by atoms with E-state index in [0.29, 0.717) is 18.6 Å². The fourth-order valence-electron chi connectivity index (χ4n) is 0.950. The van der Waals surface area contributed by atoms with Crippen LogP contribution in [0.25, 0.3) is 0 Å². The van der Waals surface area contributed by atoms with Gasteiger partial charge in [-0.05, 0) is 12.3 Å². The van der Waals surface area contributed by atoms with Crippen molar-refractivity contribution in [3.8, 4) is 0 Å². The first-order valence-corrected chi connectivity index (χ1v) is 3.87. The van der Waals surface area contributed by atoms with Gasteiger partial charge in [-0.15, -0.1) is 0 Å². The summed E-state index contributed by atoms with van der Waals surface area (Å²) in [5, 5.41) is 7.11. The molecule has 0 saturated carbocycles. The van der Waals surface area contributed by atoms with Gasteiger partial charge in [-0.2, -0.15) is 0 Å². The van der Waals surface area contributed by atoms with Crippen LogP contribution in [0.4, 0.5) is 0 Å². The van der Waals surface area contributed by atoms with Crippen molar-refractivity contribution >= 4 is 11.5 Å². The third kappa shape index (κ3) is 7.23. The minimum atomic E-state index is 0.0620. The average molecular weight is 155 g/mol. The zero-order chi connectivity index (χ0) is 9.07. The zero-order valence-corrected chi connectivity index (χ0v) is 7.82. The molecule has 0 fully saturated rings. The highest BCUT2D eigenvalue weighted by Crippen LogP contribution is 2.19. The molecule has 0 atom stereocenters. The van der Waals surface area contributed by atoms with Crippen LogP contribution in [0.15, 0.2) is 0 Å². The smallest absolute Gasteiger partial charge is 0.138 e. The van der Waals surface area contributed by atoms with E-state index >= 15 is 0 Å². The molecule has 0 aromatic rings. The van der Waals surface area contributed by atoms with Gasteiger partial charge in [0.15, 0.2) is 0 Å². The Labute approximate surface area is 68.5 Å². The maximum absolute atomic E-state index is 11.1. The van der Waals surface area contributed by atoms with Crippen LogP contribution in [0.1, 0.15) is 40.5 Å². The standard InChI is InChI=1S/C9H17NO/c1-7(10)5-8(11)6-9(2,3)4/h10H,5-6H2,1-4H3. The highest BCUT2D eigenvalue weighted by atomic mass is 16.1. The fourth-order valence-corrected chi connectivity index (χ4v) is 0.950. The lowest BCUT2D eigenvalue weighted by Crippen LogP contribution is -2.14. The molecule has 0 spiro atoms. The Balaban J connectivity index is 3.80. The number of hydrogen-bond donors (Lipinski definition) is 1. The predicted octanol–water partition coefficient (Wildman–Crippen LogP) is 2.42. The number of carbonyl (C=O) groups is 1. The summed E-state index contributed by atoms with van der Waals surface area (Å²) in [4.78, 5) is 11.1. The molecule has 0 aliphatic rings. The monoisotopic (exact) mass is 155 g/mol. The summed E-state index contributed by atoms with van der Waals surface area (Å²) in [6.45, 7) is 7.76. The normalized spacial score (nSPS) is 11.3. The van der Waals surface area contributed by atoms with Crippen molar-refractivity contribution in [3.63, 3.8) is 0 Å². The molecule has 0 heterocycles. The molecule has 0 rings (SSSR count). The average Bonchev–Trinajstić information content (AvgIpc) is 1.53. The number of carbonyl (C=O) groups excluding carboxylic acids is 1. The maximum atomic E-state index is 11.1. The van der Waals surface area contributed by atoms with E-state index in [1.165, 1.54) is 0 Å². The molecule has 2 heteroatoms. The van der Waals surface area contributed by atoms with Crippen molar-refractivity contribution < 1.29 is 4.79 Å². The van der Waals surface area contributed by atoms with Gasteiger partial charge in [0.2, 0.25) is 0 Å². The predicted molar refractivity (Wildman–Crippen MR) is 47.1 cm³/mol. The van der Waals surface area contributed by atoms with E-state index in [9.17, 15) is 4.79 Å². The second-order valence-electron chi connectivity index (χ2n) is 4.23. The molecule has 0 bridgehead atoms. The molecule has 0 aliphatic heterocycles. The Hall–Kier alpha value is -0.660. The van der Waals surface area contributed by atoms with E-state index in [1.807, 2.05) is 20.8 Å². The summed E-state index contributed by atoms with van der Waals surface area (Å²) in [6.07, 6.45) is 0.889. The van der Waals surface area contributed by atoms with Crippen molar-refractivity contribution in [2.45, 2.75) is 40.5 Å². The van der Waals surface area contributed by atoms with Crippen molar-refractivity contribution in [1.82, 2.24) is 0 Å². The summed E-state index contributed by atoms with van der Waals surface area (Å²) in [7, 11) is 0. The van der Waals surface area contributed by atoms with Gasteiger partial charge in [0, 0.05) is 18.6 Å². The van der Waals surface area contributed by atoms with Crippen molar-refractivity contribution in [3.05, 3.63) is 0 Å². The molecule has 1 N–H and O–H groups in total. The molecule has 0 unspecified atom stereocenters. The number of nitrogens with one attached hydrogen (secondary N) is 1. The summed E-state index contributed by atoms with van der Waals surface area (Å²) in [5.41, 5.74) is 0.520.